The van der Waals surface area contributed by atoms with Crippen molar-refractivity contribution in [2.75, 3.05) is 13.7 Å². The molecule has 2 aliphatic rings. The Morgan fingerprint density at radius 1 is 1.09 bits per heavy atom. The molecule has 0 radical (unpaired) electrons. The van der Waals surface area contributed by atoms with Crippen LogP contribution in [-0.2, 0) is 26.9 Å². The number of carbonyl (C=O) groups excluding carboxylic acids is 1. The molecule has 1 heterocycles. The first-order valence-corrected chi connectivity index (χ1v) is 12.7. The van der Waals surface area contributed by atoms with Gasteiger partial charge in [0.15, 0.2) is 0 Å². The number of ether oxygens (including phenoxy) is 2. The van der Waals surface area contributed by atoms with Crippen LogP contribution in [0.1, 0.15) is 88.6 Å². The fraction of sp³-hybridized carbons (Fsp3) is 0.516. The molecule has 0 bridgehead atoms. The fourth-order valence-corrected chi connectivity index (χ4v) is 5.21. The van der Waals surface area contributed by atoms with Crippen LogP contribution in [0.4, 0.5) is 0 Å². The lowest BCUT2D eigenvalue weighted by molar-refractivity contribution is -0.146. The van der Waals surface area contributed by atoms with Gasteiger partial charge in [-0.3, -0.25) is 4.79 Å². The average Bonchev–Trinajstić information content (AvgIpc) is 3.61. The summed E-state index contributed by atoms with van der Waals surface area (Å²) in [4.78, 5) is 12.1. The van der Waals surface area contributed by atoms with Crippen LogP contribution >= 0.6 is 0 Å². The third-order valence-electron chi connectivity index (χ3n) is 7.24. The van der Waals surface area contributed by atoms with Crippen molar-refractivity contribution in [2.24, 2.45) is 5.92 Å². The number of hydrogen-bond donors (Lipinski definition) is 1. The molecule has 1 aliphatic heterocycles. The minimum Gasteiger partial charge on any atom is -0.487 e. The molecule has 2 aromatic rings. The zero-order valence-corrected chi connectivity index (χ0v) is 22.3. The molecule has 2 aromatic carbocycles. The summed E-state index contributed by atoms with van der Waals surface area (Å²) in [5, 5.41) is 3.64. The van der Waals surface area contributed by atoms with Gasteiger partial charge < -0.3 is 14.8 Å². The van der Waals surface area contributed by atoms with Crippen molar-refractivity contribution in [3.8, 4) is 17.6 Å². The van der Waals surface area contributed by atoms with Crippen LogP contribution in [0.25, 0.3) is 0 Å². The summed E-state index contributed by atoms with van der Waals surface area (Å²) < 4.78 is 11.5. The molecule has 0 unspecified atom stereocenters. The van der Waals surface area contributed by atoms with Gasteiger partial charge in [-0.25, -0.2) is 0 Å². The maximum atomic E-state index is 12.1. The van der Waals surface area contributed by atoms with Gasteiger partial charge in [-0.1, -0.05) is 37.8 Å². The van der Waals surface area contributed by atoms with E-state index in [2.05, 4.69) is 57.0 Å². The Morgan fingerprint density at radius 3 is 2.37 bits per heavy atom. The van der Waals surface area contributed by atoms with E-state index in [-0.39, 0.29) is 17.0 Å². The second kappa shape index (κ2) is 9.36. The van der Waals surface area contributed by atoms with E-state index in [1.54, 1.807) is 0 Å². The van der Waals surface area contributed by atoms with Gasteiger partial charge >= 0.3 is 5.97 Å². The third-order valence-corrected chi connectivity index (χ3v) is 7.24. The predicted molar refractivity (Wildman–Crippen MR) is 141 cm³/mol. The highest BCUT2D eigenvalue weighted by atomic mass is 16.5. The Hall–Kier alpha value is -2.77. The molecular formula is C31H39NO3. The molecule has 4 nitrogen and oxygen atoms in total. The number of hydrogen-bond acceptors (Lipinski definition) is 4. The highest BCUT2D eigenvalue weighted by Crippen LogP contribution is 2.46. The third kappa shape index (κ3) is 5.73. The van der Waals surface area contributed by atoms with Crippen LogP contribution < -0.4 is 10.1 Å². The number of fused-ring (bicyclic) bond motifs is 1. The van der Waals surface area contributed by atoms with Crippen molar-refractivity contribution < 1.29 is 14.3 Å². The number of methoxy groups -OCH3 is 1. The van der Waals surface area contributed by atoms with E-state index in [1.807, 2.05) is 38.1 Å². The highest BCUT2D eigenvalue weighted by molar-refractivity contribution is 5.82. The van der Waals surface area contributed by atoms with E-state index < -0.39 is 5.41 Å². The van der Waals surface area contributed by atoms with Gasteiger partial charge in [0.1, 0.15) is 11.4 Å². The van der Waals surface area contributed by atoms with Crippen molar-refractivity contribution >= 4 is 5.97 Å². The fourth-order valence-electron chi connectivity index (χ4n) is 5.21. The maximum Gasteiger partial charge on any atom is 0.315 e. The quantitative estimate of drug-likeness (QED) is 0.421. The first-order chi connectivity index (χ1) is 16.4. The molecule has 1 fully saturated rings. The SMILES string of the molecule is COC(=O)C(C)(C)c1ccc(C#Cc2cc(CNCC3CC3)c3c(c2)C(C)(C)CC(C)(C)O3)cc1. The Balaban J connectivity index is 1.64. The van der Waals surface area contributed by atoms with E-state index in [9.17, 15) is 4.79 Å². The van der Waals surface area contributed by atoms with Crippen molar-refractivity contribution in [1.82, 2.24) is 5.32 Å². The zero-order valence-electron chi connectivity index (χ0n) is 22.3. The summed E-state index contributed by atoms with van der Waals surface area (Å²) in [5.74, 6) is 8.31. The topological polar surface area (TPSA) is 47.6 Å². The van der Waals surface area contributed by atoms with Crippen LogP contribution in [0.3, 0.4) is 0 Å². The summed E-state index contributed by atoms with van der Waals surface area (Å²) >= 11 is 0. The average molecular weight is 474 g/mol. The molecular weight excluding hydrogens is 434 g/mol. The standard InChI is InChI=1S/C31H39NO3/c1-29(2)20-30(3,4)35-27-24(19-32-18-22-9-10-22)16-23(17-26(27)29)11-8-21-12-14-25(15-13-21)31(5,6)28(33)34-7/h12-17,22,32H,9-10,18-20H2,1-7H3. The zero-order chi connectivity index (χ0) is 25.4. The minimum atomic E-state index is -0.694. The molecule has 0 spiro atoms. The second-order valence-electron chi connectivity index (χ2n) is 12.0. The number of esters is 1. The van der Waals surface area contributed by atoms with Gasteiger partial charge in [0.05, 0.1) is 12.5 Å². The van der Waals surface area contributed by atoms with Gasteiger partial charge in [0.25, 0.3) is 0 Å². The molecule has 186 valence electrons. The number of carbonyl (C=O) groups is 1. The van der Waals surface area contributed by atoms with Crippen molar-refractivity contribution in [3.63, 3.8) is 0 Å². The molecule has 4 heteroatoms. The maximum absolute atomic E-state index is 12.1. The molecule has 0 saturated heterocycles. The number of rotatable bonds is 6. The lowest BCUT2D eigenvalue weighted by Gasteiger charge is -2.43. The summed E-state index contributed by atoms with van der Waals surface area (Å²) in [6, 6.07) is 12.2. The normalized spacial score (nSPS) is 18.0. The van der Waals surface area contributed by atoms with Gasteiger partial charge in [0, 0.05) is 28.8 Å². The highest BCUT2D eigenvalue weighted by Gasteiger charge is 2.40. The largest absolute Gasteiger partial charge is 0.487 e. The van der Waals surface area contributed by atoms with Crippen molar-refractivity contribution in [2.45, 2.75) is 83.8 Å². The first kappa shape index (κ1) is 25.3. The van der Waals surface area contributed by atoms with Crippen molar-refractivity contribution in [1.29, 1.82) is 0 Å². The molecule has 1 saturated carbocycles. The second-order valence-corrected chi connectivity index (χ2v) is 12.0. The van der Waals surface area contributed by atoms with Crippen LogP contribution in [0, 0.1) is 17.8 Å². The van der Waals surface area contributed by atoms with E-state index in [4.69, 9.17) is 9.47 Å². The van der Waals surface area contributed by atoms with Crippen LogP contribution in [0.15, 0.2) is 36.4 Å². The molecule has 4 rings (SSSR count). The Labute approximate surface area is 210 Å². The summed E-state index contributed by atoms with van der Waals surface area (Å²) in [7, 11) is 1.42. The monoisotopic (exact) mass is 473 g/mol. The molecule has 0 aromatic heterocycles. The molecule has 0 amide bonds. The summed E-state index contributed by atoms with van der Waals surface area (Å²) in [5.41, 5.74) is 4.36. The van der Waals surface area contributed by atoms with Gasteiger partial charge in [-0.15, -0.1) is 0 Å². The Morgan fingerprint density at radius 2 is 1.74 bits per heavy atom. The minimum absolute atomic E-state index is 0.00112. The van der Waals surface area contributed by atoms with Crippen molar-refractivity contribution in [3.05, 3.63) is 64.2 Å². The lowest BCUT2D eigenvalue weighted by Crippen LogP contribution is -2.42. The van der Waals surface area contributed by atoms with Crippen LogP contribution in [0.2, 0.25) is 0 Å². The van der Waals surface area contributed by atoms with Crippen LogP contribution in [-0.4, -0.2) is 25.2 Å². The summed E-state index contributed by atoms with van der Waals surface area (Å²) in [6.45, 7) is 14.6. The molecule has 0 atom stereocenters. The molecule has 1 N–H and O–H groups in total. The van der Waals surface area contributed by atoms with E-state index >= 15 is 0 Å². The lowest BCUT2D eigenvalue weighted by atomic mass is 9.72. The smallest absolute Gasteiger partial charge is 0.315 e. The summed E-state index contributed by atoms with van der Waals surface area (Å²) in [6.07, 6.45) is 3.63. The predicted octanol–water partition coefficient (Wildman–Crippen LogP) is 5.88. The first-order valence-electron chi connectivity index (χ1n) is 12.7. The molecule has 35 heavy (non-hydrogen) atoms. The van der Waals surface area contributed by atoms with E-state index in [0.29, 0.717) is 0 Å². The van der Waals surface area contributed by atoms with Crippen LogP contribution in [0.5, 0.6) is 5.75 Å². The van der Waals surface area contributed by atoms with Gasteiger partial charge in [-0.2, -0.15) is 0 Å². The Kier molecular flexibility index (Phi) is 6.77. The van der Waals surface area contributed by atoms with E-state index in [1.165, 1.54) is 31.1 Å². The number of benzene rings is 2. The van der Waals surface area contributed by atoms with Gasteiger partial charge in [0.2, 0.25) is 0 Å². The van der Waals surface area contributed by atoms with E-state index in [0.717, 1.165) is 47.9 Å². The Bertz CT molecular complexity index is 1160. The molecule has 1 aliphatic carbocycles. The van der Waals surface area contributed by atoms with Gasteiger partial charge in [-0.05, 0) is 94.7 Å². The number of nitrogens with one attached hydrogen (secondary N) is 1.